The molecule has 9 heteroatoms. The third-order valence-electron chi connectivity index (χ3n) is 3.72. The van der Waals surface area contributed by atoms with E-state index in [-0.39, 0.29) is 24.7 Å². The Kier molecular flexibility index (Phi) is 4.75. The maximum Gasteiger partial charge on any atom is 0.334 e. The lowest BCUT2D eigenvalue weighted by molar-refractivity contribution is -0.383. The summed E-state index contributed by atoms with van der Waals surface area (Å²) in [6.07, 6.45) is 2.31. The summed E-state index contributed by atoms with van der Waals surface area (Å²) in [6, 6.07) is 7.11. The standard InChI is InChI=1S/C16H18N6O3/c1-2-11-8-14(17-5-6-23)15(22(24)25)16(19-11)20-12-3-4-13-10(7-12)9-18-21-13/h3-4,7-9,23H,2,5-6H2,1H3,(H,18,21)(H2,17,19,20). The number of nitrogens with zero attached hydrogens (tertiary/aromatic N) is 3. The van der Waals surface area contributed by atoms with Crippen molar-refractivity contribution >= 4 is 33.8 Å². The van der Waals surface area contributed by atoms with Crippen molar-refractivity contribution in [2.75, 3.05) is 23.8 Å². The van der Waals surface area contributed by atoms with Crippen LogP contribution < -0.4 is 10.6 Å². The number of hydrogen-bond donors (Lipinski definition) is 4. The number of rotatable bonds is 7. The van der Waals surface area contributed by atoms with Gasteiger partial charge in [-0.05, 0) is 30.7 Å². The highest BCUT2D eigenvalue weighted by molar-refractivity contribution is 5.84. The third kappa shape index (κ3) is 3.50. The van der Waals surface area contributed by atoms with E-state index in [1.54, 1.807) is 18.3 Å². The molecule has 0 aliphatic rings. The molecule has 25 heavy (non-hydrogen) atoms. The average molecular weight is 342 g/mol. The van der Waals surface area contributed by atoms with Gasteiger partial charge in [-0.1, -0.05) is 6.92 Å². The number of benzene rings is 1. The van der Waals surface area contributed by atoms with Gasteiger partial charge in [0.15, 0.2) is 0 Å². The van der Waals surface area contributed by atoms with Crippen LogP contribution in [0.5, 0.6) is 0 Å². The second-order valence-corrected chi connectivity index (χ2v) is 5.42. The fourth-order valence-corrected chi connectivity index (χ4v) is 2.53. The first-order chi connectivity index (χ1) is 12.1. The van der Waals surface area contributed by atoms with E-state index in [1.165, 1.54) is 0 Å². The molecular formula is C16H18N6O3. The summed E-state index contributed by atoms with van der Waals surface area (Å²) in [5.74, 6) is 0.160. The van der Waals surface area contributed by atoms with Crippen LogP contribution in [0.25, 0.3) is 10.9 Å². The van der Waals surface area contributed by atoms with Gasteiger partial charge in [0.25, 0.3) is 0 Å². The second-order valence-electron chi connectivity index (χ2n) is 5.42. The number of hydrogen-bond acceptors (Lipinski definition) is 7. The topological polar surface area (TPSA) is 129 Å². The van der Waals surface area contributed by atoms with Gasteiger partial charge in [-0.25, -0.2) is 4.98 Å². The predicted octanol–water partition coefficient (Wildman–Crippen LogP) is 2.58. The molecule has 0 radical (unpaired) electrons. The molecule has 0 unspecified atom stereocenters. The Morgan fingerprint density at radius 1 is 1.36 bits per heavy atom. The van der Waals surface area contributed by atoms with Gasteiger partial charge in [-0.3, -0.25) is 15.2 Å². The predicted molar refractivity (Wildman–Crippen MR) is 95.2 cm³/mol. The molecule has 0 aliphatic heterocycles. The van der Waals surface area contributed by atoms with Gasteiger partial charge < -0.3 is 15.7 Å². The number of anilines is 3. The van der Waals surface area contributed by atoms with E-state index in [0.717, 1.165) is 10.9 Å². The molecule has 0 aliphatic carbocycles. The molecule has 0 bridgehead atoms. The van der Waals surface area contributed by atoms with Crippen molar-refractivity contribution in [3.63, 3.8) is 0 Å². The Morgan fingerprint density at radius 3 is 2.92 bits per heavy atom. The van der Waals surface area contributed by atoms with Crippen LogP contribution in [0, 0.1) is 10.1 Å². The molecule has 1 aromatic carbocycles. The Hall–Kier alpha value is -3.20. The van der Waals surface area contributed by atoms with Crippen LogP contribution >= 0.6 is 0 Å². The molecule has 3 rings (SSSR count). The van der Waals surface area contributed by atoms with Crippen LogP contribution in [-0.4, -0.2) is 38.4 Å². The Morgan fingerprint density at radius 2 is 2.20 bits per heavy atom. The van der Waals surface area contributed by atoms with Gasteiger partial charge in [0.1, 0.15) is 5.69 Å². The largest absolute Gasteiger partial charge is 0.395 e. The highest BCUT2D eigenvalue weighted by atomic mass is 16.6. The molecule has 0 atom stereocenters. The summed E-state index contributed by atoms with van der Waals surface area (Å²) in [4.78, 5) is 15.5. The molecule has 0 fully saturated rings. The number of nitro groups is 1. The number of aromatic nitrogens is 3. The summed E-state index contributed by atoms with van der Waals surface area (Å²) in [5, 5.41) is 34.2. The number of aryl methyl sites for hydroxylation is 1. The van der Waals surface area contributed by atoms with Crippen molar-refractivity contribution in [3.8, 4) is 0 Å². The number of H-pyrrole nitrogens is 1. The summed E-state index contributed by atoms with van der Waals surface area (Å²) >= 11 is 0. The second kappa shape index (κ2) is 7.14. The SMILES string of the molecule is CCc1cc(NCCO)c([N+](=O)[O-])c(Nc2ccc3[nH]ncc3c2)n1. The van der Waals surface area contributed by atoms with Crippen molar-refractivity contribution in [3.05, 3.63) is 46.3 Å². The van der Waals surface area contributed by atoms with E-state index < -0.39 is 4.92 Å². The molecular weight excluding hydrogens is 324 g/mol. The lowest BCUT2D eigenvalue weighted by Gasteiger charge is -2.12. The average Bonchev–Trinajstić information content (AvgIpc) is 3.06. The zero-order chi connectivity index (χ0) is 17.8. The summed E-state index contributed by atoms with van der Waals surface area (Å²) in [7, 11) is 0. The fourth-order valence-electron chi connectivity index (χ4n) is 2.53. The minimum absolute atomic E-state index is 0.124. The molecule has 4 N–H and O–H groups in total. The summed E-state index contributed by atoms with van der Waals surface area (Å²) in [5.41, 5.74) is 2.43. The van der Waals surface area contributed by atoms with Crippen LogP contribution in [0.2, 0.25) is 0 Å². The maximum absolute atomic E-state index is 11.6. The molecule has 9 nitrogen and oxygen atoms in total. The lowest BCUT2D eigenvalue weighted by atomic mass is 10.2. The zero-order valence-corrected chi connectivity index (χ0v) is 13.6. The van der Waals surface area contributed by atoms with Crippen molar-refractivity contribution in [2.45, 2.75) is 13.3 Å². The number of aliphatic hydroxyl groups excluding tert-OH is 1. The molecule has 0 spiro atoms. The summed E-state index contributed by atoms with van der Waals surface area (Å²) in [6.45, 7) is 2.01. The quantitative estimate of drug-likeness (QED) is 0.383. The normalized spacial score (nSPS) is 10.8. The van der Waals surface area contributed by atoms with Gasteiger partial charge in [-0.15, -0.1) is 0 Å². The Bertz CT molecular complexity index is 908. The van der Waals surface area contributed by atoms with Gasteiger partial charge in [-0.2, -0.15) is 5.10 Å². The van der Waals surface area contributed by atoms with Gasteiger partial charge in [0, 0.05) is 23.3 Å². The van der Waals surface area contributed by atoms with E-state index in [4.69, 9.17) is 5.11 Å². The van der Waals surface area contributed by atoms with Crippen LogP contribution in [0.3, 0.4) is 0 Å². The van der Waals surface area contributed by atoms with Gasteiger partial charge >= 0.3 is 5.69 Å². The maximum atomic E-state index is 11.6. The lowest BCUT2D eigenvalue weighted by Crippen LogP contribution is -2.11. The fraction of sp³-hybridized carbons (Fsp3) is 0.250. The van der Waals surface area contributed by atoms with Crippen molar-refractivity contribution < 1.29 is 10.0 Å². The molecule has 0 amide bonds. The van der Waals surface area contributed by atoms with Gasteiger partial charge in [0.2, 0.25) is 5.82 Å². The van der Waals surface area contributed by atoms with E-state index in [0.29, 0.717) is 23.5 Å². The first-order valence-corrected chi connectivity index (χ1v) is 7.85. The van der Waals surface area contributed by atoms with E-state index >= 15 is 0 Å². The molecule has 2 heterocycles. The minimum atomic E-state index is -0.481. The van der Waals surface area contributed by atoms with E-state index in [9.17, 15) is 10.1 Å². The van der Waals surface area contributed by atoms with Crippen molar-refractivity contribution in [1.82, 2.24) is 15.2 Å². The number of aliphatic hydroxyl groups is 1. The minimum Gasteiger partial charge on any atom is -0.395 e. The molecule has 2 aromatic heterocycles. The van der Waals surface area contributed by atoms with E-state index in [2.05, 4.69) is 25.8 Å². The Balaban J connectivity index is 2.04. The zero-order valence-electron chi connectivity index (χ0n) is 13.6. The molecule has 3 aromatic rings. The first-order valence-electron chi connectivity index (χ1n) is 7.85. The number of fused-ring (bicyclic) bond motifs is 1. The highest BCUT2D eigenvalue weighted by Crippen LogP contribution is 2.34. The number of aromatic amines is 1. The molecule has 130 valence electrons. The molecule has 0 saturated carbocycles. The van der Waals surface area contributed by atoms with Crippen LogP contribution in [0.4, 0.5) is 22.9 Å². The third-order valence-corrected chi connectivity index (χ3v) is 3.72. The monoisotopic (exact) mass is 342 g/mol. The van der Waals surface area contributed by atoms with Crippen molar-refractivity contribution in [2.24, 2.45) is 0 Å². The van der Waals surface area contributed by atoms with Crippen molar-refractivity contribution in [1.29, 1.82) is 0 Å². The number of nitrogens with one attached hydrogen (secondary N) is 3. The number of pyridine rings is 1. The molecule has 0 saturated heterocycles. The van der Waals surface area contributed by atoms with Crippen LogP contribution in [-0.2, 0) is 6.42 Å². The first kappa shape index (κ1) is 16.7. The highest BCUT2D eigenvalue weighted by Gasteiger charge is 2.23. The van der Waals surface area contributed by atoms with E-state index in [1.807, 2.05) is 19.1 Å². The van der Waals surface area contributed by atoms with Gasteiger partial charge in [0.05, 0.1) is 23.2 Å². The Labute approximate surface area is 143 Å². The summed E-state index contributed by atoms with van der Waals surface area (Å²) < 4.78 is 0. The smallest absolute Gasteiger partial charge is 0.334 e. The van der Waals surface area contributed by atoms with Crippen LogP contribution in [0.1, 0.15) is 12.6 Å². The van der Waals surface area contributed by atoms with Crippen LogP contribution in [0.15, 0.2) is 30.5 Å².